The average Bonchev–Trinajstić information content (AvgIpc) is 2.77. The van der Waals surface area contributed by atoms with E-state index in [2.05, 4.69) is 10.2 Å². The lowest BCUT2D eigenvalue weighted by Crippen LogP contribution is -2.49. The summed E-state index contributed by atoms with van der Waals surface area (Å²) in [6, 6.07) is 5.82. The molecule has 1 amide bonds. The first-order chi connectivity index (χ1) is 14.5. The van der Waals surface area contributed by atoms with E-state index in [1.54, 1.807) is 7.11 Å². The lowest BCUT2D eigenvalue weighted by atomic mass is 9.84. The van der Waals surface area contributed by atoms with Crippen molar-refractivity contribution in [3.8, 4) is 5.75 Å². The zero-order chi connectivity index (χ0) is 21.1. The van der Waals surface area contributed by atoms with Gasteiger partial charge in [-0.05, 0) is 44.7 Å². The predicted octanol–water partition coefficient (Wildman–Crippen LogP) is 2.97. The maximum absolute atomic E-state index is 12.8. The fourth-order valence-corrected chi connectivity index (χ4v) is 4.68. The van der Waals surface area contributed by atoms with Gasteiger partial charge in [-0.2, -0.15) is 0 Å². The van der Waals surface area contributed by atoms with Crippen LogP contribution in [0.2, 0.25) is 0 Å². The van der Waals surface area contributed by atoms with E-state index in [0.29, 0.717) is 19.0 Å². The number of carbonyl (C=O) groups excluding carboxylic acids is 1. The van der Waals surface area contributed by atoms with Gasteiger partial charge in [0.1, 0.15) is 5.75 Å². The summed E-state index contributed by atoms with van der Waals surface area (Å²) in [6.07, 6.45) is 6.56. The number of piperidine rings is 1. The summed E-state index contributed by atoms with van der Waals surface area (Å²) >= 11 is 0. The van der Waals surface area contributed by atoms with Crippen molar-refractivity contribution in [2.24, 2.45) is 5.92 Å². The number of aliphatic hydroxyl groups is 1. The van der Waals surface area contributed by atoms with Gasteiger partial charge in [-0.15, -0.1) is 0 Å². The number of nitrogens with one attached hydrogen (secondary N) is 1. The Labute approximate surface area is 177 Å². The van der Waals surface area contributed by atoms with Gasteiger partial charge in [0, 0.05) is 31.1 Å². The van der Waals surface area contributed by atoms with Crippen LogP contribution < -0.4 is 15.0 Å². The van der Waals surface area contributed by atoms with Crippen molar-refractivity contribution < 1.29 is 14.6 Å². The van der Waals surface area contributed by atoms with Crippen molar-refractivity contribution in [2.45, 2.75) is 57.5 Å². The highest BCUT2D eigenvalue weighted by molar-refractivity contribution is 5.83. The van der Waals surface area contributed by atoms with Crippen molar-refractivity contribution >= 4 is 22.8 Å². The third-order valence-electron chi connectivity index (χ3n) is 6.53. The first-order valence-corrected chi connectivity index (χ1v) is 11.0. The van der Waals surface area contributed by atoms with Crippen LogP contribution in [0.25, 0.3) is 10.9 Å². The zero-order valence-corrected chi connectivity index (χ0v) is 18.0. The first kappa shape index (κ1) is 20.8. The number of ether oxygens (including phenoxy) is 1. The van der Waals surface area contributed by atoms with Gasteiger partial charge in [0.05, 0.1) is 29.8 Å². The molecule has 1 aliphatic carbocycles. The second kappa shape index (κ2) is 8.76. The van der Waals surface area contributed by atoms with E-state index < -0.39 is 5.60 Å². The number of aryl methyl sites for hydroxylation is 1. The number of hydrogen-bond acceptors (Lipinski definition) is 6. The Bertz CT molecular complexity index is 911. The molecule has 1 aromatic carbocycles. The van der Waals surface area contributed by atoms with Crippen LogP contribution in [-0.2, 0) is 4.79 Å². The first-order valence-electron chi connectivity index (χ1n) is 11.0. The fraction of sp³-hybridized carbons (Fsp3) is 0.609. The third-order valence-corrected chi connectivity index (χ3v) is 6.53. The Morgan fingerprint density at radius 1 is 1.27 bits per heavy atom. The number of carbonyl (C=O) groups is 1. The number of aromatic nitrogens is 2. The number of methoxy groups -OCH3 is 1. The van der Waals surface area contributed by atoms with Crippen LogP contribution in [0.3, 0.4) is 0 Å². The van der Waals surface area contributed by atoms with Gasteiger partial charge in [-0.1, -0.05) is 19.3 Å². The maximum Gasteiger partial charge on any atom is 0.226 e. The number of hydrogen-bond donors (Lipinski definition) is 2. The highest BCUT2D eigenvalue weighted by Gasteiger charge is 2.32. The second-order valence-corrected chi connectivity index (χ2v) is 8.78. The largest absolute Gasteiger partial charge is 0.497 e. The fourth-order valence-electron chi connectivity index (χ4n) is 4.68. The van der Waals surface area contributed by atoms with E-state index in [0.717, 1.165) is 67.4 Å². The summed E-state index contributed by atoms with van der Waals surface area (Å²) in [4.78, 5) is 24.4. The van der Waals surface area contributed by atoms with E-state index in [9.17, 15) is 9.90 Å². The molecular formula is C23H32N4O3. The molecule has 1 aliphatic heterocycles. The SMILES string of the molecule is COc1ccc2c(C)nc(N3CCCC(C(=O)NCC4(O)CCCCC4)C3)nc2c1. The predicted molar refractivity (Wildman–Crippen MR) is 117 cm³/mol. The lowest BCUT2D eigenvalue weighted by Gasteiger charge is -2.35. The molecule has 1 unspecified atom stereocenters. The van der Waals surface area contributed by atoms with Gasteiger partial charge in [0.2, 0.25) is 11.9 Å². The number of benzene rings is 1. The Morgan fingerprint density at radius 2 is 2.07 bits per heavy atom. The molecule has 1 atom stereocenters. The summed E-state index contributed by atoms with van der Waals surface area (Å²) in [5.41, 5.74) is 1.03. The van der Waals surface area contributed by atoms with Crippen LogP contribution in [0.15, 0.2) is 18.2 Å². The van der Waals surface area contributed by atoms with Crippen LogP contribution in [0, 0.1) is 12.8 Å². The lowest BCUT2D eigenvalue weighted by molar-refractivity contribution is -0.126. The minimum atomic E-state index is -0.736. The topological polar surface area (TPSA) is 87.6 Å². The smallest absolute Gasteiger partial charge is 0.226 e. The average molecular weight is 413 g/mol. The van der Waals surface area contributed by atoms with Gasteiger partial charge in [0.25, 0.3) is 0 Å². The summed E-state index contributed by atoms with van der Waals surface area (Å²) in [5.74, 6) is 1.34. The zero-order valence-electron chi connectivity index (χ0n) is 18.0. The summed E-state index contributed by atoms with van der Waals surface area (Å²) in [7, 11) is 1.65. The van der Waals surface area contributed by atoms with Crippen molar-refractivity contribution in [1.29, 1.82) is 0 Å². The Morgan fingerprint density at radius 3 is 2.83 bits per heavy atom. The molecular weight excluding hydrogens is 380 g/mol. The maximum atomic E-state index is 12.8. The molecule has 1 aromatic heterocycles. The molecule has 7 heteroatoms. The van der Waals surface area contributed by atoms with Crippen LogP contribution in [-0.4, -0.2) is 53.3 Å². The molecule has 162 valence electrons. The molecule has 2 aliphatic rings. The van der Waals surface area contributed by atoms with Gasteiger partial charge >= 0.3 is 0 Å². The molecule has 2 N–H and O–H groups in total. The minimum absolute atomic E-state index is 0.0258. The number of amides is 1. The molecule has 7 nitrogen and oxygen atoms in total. The van der Waals surface area contributed by atoms with Crippen molar-refractivity contribution in [1.82, 2.24) is 15.3 Å². The van der Waals surface area contributed by atoms with Gasteiger partial charge in [0.15, 0.2) is 0 Å². The highest BCUT2D eigenvalue weighted by Crippen LogP contribution is 2.28. The molecule has 0 radical (unpaired) electrons. The Balaban J connectivity index is 1.45. The molecule has 2 aromatic rings. The van der Waals surface area contributed by atoms with Crippen LogP contribution >= 0.6 is 0 Å². The van der Waals surface area contributed by atoms with Crippen LogP contribution in [0.5, 0.6) is 5.75 Å². The van der Waals surface area contributed by atoms with E-state index in [1.807, 2.05) is 25.1 Å². The normalized spacial score (nSPS) is 21.4. The standard InChI is InChI=1S/C23H32N4O3/c1-16-19-9-8-18(30-2)13-20(19)26-22(25-16)27-12-6-7-17(14-27)21(28)24-15-23(29)10-4-3-5-11-23/h8-9,13,17,29H,3-7,10-12,14-15H2,1-2H3,(H,24,28). The van der Waals surface area contributed by atoms with E-state index in [1.165, 1.54) is 6.42 Å². The molecule has 0 bridgehead atoms. The Hall–Kier alpha value is -2.41. The van der Waals surface area contributed by atoms with E-state index >= 15 is 0 Å². The van der Waals surface area contributed by atoms with E-state index in [-0.39, 0.29) is 11.8 Å². The molecule has 4 rings (SSSR count). The summed E-state index contributed by atoms with van der Waals surface area (Å²) in [6.45, 7) is 3.77. The second-order valence-electron chi connectivity index (χ2n) is 8.78. The van der Waals surface area contributed by atoms with Crippen molar-refractivity contribution in [3.63, 3.8) is 0 Å². The van der Waals surface area contributed by atoms with Crippen molar-refractivity contribution in [3.05, 3.63) is 23.9 Å². The number of anilines is 1. The van der Waals surface area contributed by atoms with E-state index in [4.69, 9.17) is 14.7 Å². The number of nitrogens with zero attached hydrogens (tertiary/aromatic N) is 3. The molecule has 1 saturated carbocycles. The molecule has 1 saturated heterocycles. The number of rotatable bonds is 5. The summed E-state index contributed by atoms with van der Waals surface area (Å²) < 4.78 is 5.33. The quantitative estimate of drug-likeness (QED) is 0.785. The molecule has 2 heterocycles. The van der Waals surface area contributed by atoms with Gasteiger partial charge in [-0.3, -0.25) is 4.79 Å². The highest BCUT2D eigenvalue weighted by atomic mass is 16.5. The Kier molecular flexibility index (Phi) is 6.09. The van der Waals surface area contributed by atoms with Gasteiger partial charge in [-0.25, -0.2) is 9.97 Å². The van der Waals surface area contributed by atoms with Crippen LogP contribution in [0.1, 0.15) is 50.6 Å². The van der Waals surface area contributed by atoms with Crippen LogP contribution in [0.4, 0.5) is 5.95 Å². The minimum Gasteiger partial charge on any atom is -0.497 e. The molecule has 0 spiro atoms. The summed E-state index contributed by atoms with van der Waals surface area (Å²) in [5, 5.41) is 14.7. The van der Waals surface area contributed by atoms with Crippen molar-refractivity contribution in [2.75, 3.05) is 31.6 Å². The number of fused-ring (bicyclic) bond motifs is 1. The molecule has 30 heavy (non-hydrogen) atoms. The third kappa shape index (κ3) is 4.51. The van der Waals surface area contributed by atoms with Gasteiger partial charge < -0.3 is 20.1 Å². The molecule has 2 fully saturated rings. The monoisotopic (exact) mass is 412 g/mol.